The summed E-state index contributed by atoms with van der Waals surface area (Å²) in [5.41, 5.74) is 0. The van der Waals surface area contributed by atoms with Crippen molar-refractivity contribution in [3.05, 3.63) is 0 Å². The van der Waals surface area contributed by atoms with Crippen LogP contribution < -0.4 is 0 Å². The third-order valence-corrected chi connectivity index (χ3v) is 1.87. The molecule has 72 valence electrons. The van der Waals surface area contributed by atoms with Crippen molar-refractivity contribution in [3.8, 4) is 0 Å². The van der Waals surface area contributed by atoms with Crippen LogP contribution in [0.15, 0.2) is 0 Å². The molecule has 1 aliphatic rings. The van der Waals surface area contributed by atoms with Gasteiger partial charge in [-0.1, -0.05) is 0 Å². The molecule has 0 aromatic carbocycles. The second kappa shape index (κ2) is 3.65. The molecule has 0 aromatic rings. The van der Waals surface area contributed by atoms with E-state index in [9.17, 15) is 0 Å². The van der Waals surface area contributed by atoms with Gasteiger partial charge in [-0.25, -0.2) is 0 Å². The molecule has 5 atom stereocenters. The molecule has 3 unspecified atom stereocenters. The van der Waals surface area contributed by atoms with Crippen LogP contribution >= 0.6 is 0 Å². The van der Waals surface area contributed by atoms with Crippen molar-refractivity contribution in [3.63, 3.8) is 0 Å². The third kappa shape index (κ3) is 1.58. The van der Waals surface area contributed by atoms with E-state index in [0.717, 1.165) is 0 Å². The fourth-order valence-electron chi connectivity index (χ4n) is 1.08. The lowest BCUT2D eigenvalue weighted by molar-refractivity contribution is -0.286. The Morgan fingerprint density at radius 1 is 0.917 bits per heavy atom. The highest BCUT2D eigenvalue weighted by atomic mass is 16.7. The van der Waals surface area contributed by atoms with Gasteiger partial charge in [-0.05, 0) is 0 Å². The summed E-state index contributed by atoms with van der Waals surface area (Å²) in [5, 5.41) is 44.7. The van der Waals surface area contributed by atoms with Crippen molar-refractivity contribution in [2.75, 3.05) is 6.61 Å². The number of rotatable bonds is 1. The summed E-state index contributed by atoms with van der Waals surface area (Å²) < 4.78 is 4.58. The molecule has 0 saturated carbocycles. The Morgan fingerprint density at radius 3 is 2.00 bits per heavy atom. The van der Waals surface area contributed by atoms with Crippen LogP contribution in [-0.2, 0) is 4.74 Å². The molecule has 0 aliphatic carbocycles. The minimum absolute atomic E-state index is 0.526. The van der Waals surface area contributed by atoms with Crippen molar-refractivity contribution >= 4 is 0 Å². The highest BCUT2D eigenvalue weighted by molar-refractivity contribution is 4.87. The molecule has 6 nitrogen and oxygen atoms in total. The minimum atomic E-state index is -1.57. The van der Waals surface area contributed by atoms with Crippen LogP contribution in [0.25, 0.3) is 0 Å². The fourth-order valence-corrected chi connectivity index (χ4v) is 1.08. The van der Waals surface area contributed by atoms with Crippen LogP contribution in [0.1, 0.15) is 0 Å². The predicted octanol–water partition coefficient (Wildman–Crippen LogP) is -3.22. The molecule has 0 spiro atoms. The van der Waals surface area contributed by atoms with Crippen molar-refractivity contribution in [1.29, 1.82) is 0 Å². The Hall–Kier alpha value is -0.240. The van der Waals surface area contributed by atoms with Gasteiger partial charge in [0.2, 0.25) is 0 Å². The van der Waals surface area contributed by atoms with E-state index in [0.29, 0.717) is 0 Å². The third-order valence-electron chi connectivity index (χ3n) is 1.87. The lowest BCUT2D eigenvalue weighted by Gasteiger charge is -2.37. The average molecular weight is 181 g/mol. The van der Waals surface area contributed by atoms with Crippen LogP contribution in [0.2, 0.25) is 0 Å². The van der Waals surface area contributed by atoms with E-state index in [1.807, 2.05) is 0 Å². The van der Waals surface area contributed by atoms with Gasteiger partial charge in [-0.15, -0.1) is 0 Å². The van der Waals surface area contributed by atoms with Crippen molar-refractivity contribution < 1.29 is 30.3 Å². The van der Waals surface area contributed by atoms with Crippen molar-refractivity contribution in [1.82, 2.24) is 0 Å². The van der Waals surface area contributed by atoms with Gasteiger partial charge in [0.25, 0.3) is 0 Å². The zero-order valence-corrected chi connectivity index (χ0v) is 6.24. The standard InChI is InChI=1S/C6H12O6/c7-1-2-3(8)4(9)5(10)6(11)12-2/h2-11H,1H2/t2?,3-,4?,5?,6+/m0/s1/i6+1. The van der Waals surface area contributed by atoms with Crippen LogP contribution in [0.5, 0.6) is 0 Å². The lowest BCUT2D eigenvalue weighted by atomic mass is 10.0. The predicted molar refractivity (Wildman–Crippen MR) is 36.0 cm³/mol. The minimum Gasteiger partial charge on any atom is -0.394 e. The van der Waals surface area contributed by atoms with Crippen LogP contribution in [-0.4, -0.2) is 62.8 Å². The summed E-state index contributed by atoms with van der Waals surface area (Å²) in [7, 11) is 0. The van der Waals surface area contributed by atoms with E-state index in [4.69, 9.17) is 25.5 Å². The zero-order valence-electron chi connectivity index (χ0n) is 6.24. The molecule has 1 heterocycles. The highest BCUT2D eigenvalue weighted by Crippen LogP contribution is 2.18. The zero-order chi connectivity index (χ0) is 9.30. The molecule has 0 aromatic heterocycles. The Bertz CT molecular complexity index is 146. The first-order valence-corrected chi connectivity index (χ1v) is 3.56. The second-order valence-electron chi connectivity index (χ2n) is 2.72. The molecule has 1 aliphatic heterocycles. The van der Waals surface area contributed by atoms with E-state index in [1.54, 1.807) is 0 Å². The summed E-state index contributed by atoms with van der Waals surface area (Å²) in [5.74, 6) is 0. The van der Waals surface area contributed by atoms with Gasteiger partial charge in [0.15, 0.2) is 6.29 Å². The molecule has 0 radical (unpaired) electrons. The number of aliphatic hydroxyl groups is 5. The Labute approximate surface area is 68.6 Å². The fraction of sp³-hybridized carbons (Fsp3) is 1.00. The van der Waals surface area contributed by atoms with Gasteiger partial charge in [0, 0.05) is 0 Å². The van der Waals surface area contributed by atoms with Gasteiger partial charge in [-0.3, -0.25) is 0 Å². The SMILES string of the molecule is OCC1O[13C@@H](O)C(O)C(O)[C@H]1O. The molecule has 6 heteroatoms. The maximum atomic E-state index is 9.12. The summed E-state index contributed by atoms with van der Waals surface area (Å²) >= 11 is 0. The number of ether oxygens (including phenoxy) is 1. The Balaban J connectivity index is 2.63. The number of hydrogen-bond acceptors (Lipinski definition) is 6. The van der Waals surface area contributed by atoms with Gasteiger partial charge < -0.3 is 30.3 Å². The topological polar surface area (TPSA) is 110 Å². The molecule has 1 rings (SSSR count). The molecule has 1 fully saturated rings. The smallest absolute Gasteiger partial charge is 0.184 e. The van der Waals surface area contributed by atoms with E-state index < -0.39 is 37.3 Å². The monoisotopic (exact) mass is 181 g/mol. The summed E-state index contributed by atoms with van der Waals surface area (Å²) in [6.45, 7) is -0.526. The van der Waals surface area contributed by atoms with Gasteiger partial charge in [0.05, 0.1) is 6.61 Å². The van der Waals surface area contributed by atoms with E-state index in [-0.39, 0.29) is 0 Å². The molecule has 1 saturated heterocycles. The van der Waals surface area contributed by atoms with E-state index >= 15 is 0 Å². The maximum Gasteiger partial charge on any atom is 0.184 e. The highest BCUT2D eigenvalue weighted by Gasteiger charge is 2.42. The van der Waals surface area contributed by atoms with Crippen molar-refractivity contribution in [2.45, 2.75) is 30.7 Å². The first kappa shape index (κ1) is 9.85. The first-order chi connectivity index (χ1) is 5.57. The van der Waals surface area contributed by atoms with Crippen LogP contribution in [0, 0.1) is 0 Å². The summed E-state index contributed by atoms with van der Waals surface area (Å²) in [6.07, 6.45) is -7.04. The van der Waals surface area contributed by atoms with E-state index in [2.05, 4.69) is 4.74 Å². The number of hydrogen-bond donors (Lipinski definition) is 5. The summed E-state index contributed by atoms with van der Waals surface area (Å²) in [6, 6.07) is 0. The van der Waals surface area contributed by atoms with Gasteiger partial charge in [-0.2, -0.15) is 0 Å². The molecule has 12 heavy (non-hydrogen) atoms. The maximum absolute atomic E-state index is 9.12. The van der Waals surface area contributed by atoms with Gasteiger partial charge in [0.1, 0.15) is 24.4 Å². The molecular weight excluding hydrogens is 169 g/mol. The molecule has 0 amide bonds. The molecule has 0 bridgehead atoms. The summed E-state index contributed by atoms with van der Waals surface area (Å²) in [4.78, 5) is 0. The van der Waals surface area contributed by atoms with Crippen LogP contribution in [0.4, 0.5) is 0 Å². The van der Waals surface area contributed by atoms with Crippen molar-refractivity contribution in [2.24, 2.45) is 0 Å². The average Bonchev–Trinajstić information content (AvgIpc) is 2.08. The lowest BCUT2D eigenvalue weighted by Crippen LogP contribution is -2.58. The first-order valence-electron chi connectivity index (χ1n) is 3.56. The second-order valence-corrected chi connectivity index (χ2v) is 2.72. The largest absolute Gasteiger partial charge is 0.394 e. The van der Waals surface area contributed by atoms with Gasteiger partial charge >= 0.3 is 0 Å². The number of aliphatic hydroxyl groups excluding tert-OH is 5. The molecular formula is C6H12O6. The molecule has 5 N–H and O–H groups in total. The quantitative estimate of drug-likeness (QED) is 0.272. The Kier molecular flexibility index (Phi) is 2.99. The normalized spacial score (nSPS) is 49.2. The van der Waals surface area contributed by atoms with Crippen LogP contribution in [0.3, 0.4) is 0 Å². The Morgan fingerprint density at radius 2 is 1.50 bits per heavy atom. The van der Waals surface area contributed by atoms with E-state index in [1.165, 1.54) is 0 Å².